The number of likely N-dealkylation sites (tertiary alicyclic amines) is 1. The molecule has 3 saturated heterocycles. The molecule has 0 saturated carbocycles. The summed E-state index contributed by atoms with van der Waals surface area (Å²) in [5.74, 6) is 0.0986. The predicted molar refractivity (Wildman–Crippen MR) is 102 cm³/mol. The van der Waals surface area contributed by atoms with Crippen molar-refractivity contribution >= 4 is 11.8 Å². The average molecular weight is 398 g/mol. The number of carbonyl (C=O) groups excluding carboxylic acids is 2. The Kier molecular flexibility index (Phi) is 4.42. The Labute approximate surface area is 168 Å². The van der Waals surface area contributed by atoms with E-state index in [-0.39, 0.29) is 47.6 Å². The van der Waals surface area contributed by atoms with E-state index >= 15 is 0 Å². The molecule has 4 heterocycles. The van der Waals surface area contributed by atoms with Crippen molar-refractivity contribution in [1.29, 1.82) is 0 Å². The van der Waals surface area contributed by atoms with Crippen LogP contribution in [0.15, 0.2) is 47.1 Å². The van der Waals surface area contributed by atoms with Crippen LogP contribution in [0.5, 0.6) is 0 Å². The first kappa shape index (κ1) is 18.4. The number of halogens is 1. The van der Waals surface area contributed by atoms with Crippen molar-refractivity contribution in [2.24, 2.45) is 11.8 Å². The summed E-state index contributed by atoms with van der Waals surface area (Å²) < 4.78 is 24.9. The third-order valence-corrected chi connectivity index (χ3v) is 6.62. The van der Waals surface area contributed by atoms with Crippen molar-refractivity contribution in [3.05, 3.63) is 59.8 Å². The fourth-order valence-electron chi connectivity index (χ4n) is 5.29. The molecule has 2 aromatic rings. The Balaban J connectivity index is 1.24. The molecular formula is C22H23FN2O4. The largest absolute Gasteiger partial charge is 0.459 e. The zero-order valence-electron chi connectivity index (χ0n) is 16.0. The van der Waals surface area contributed by atoms with Crippen LogP contribution in [0.25, 0.3) is 0 Å². The number of rotatable bonds is 5. The van der Waals surface area contributed by atoms with Crippen LogP contribution in [0, 0.1) is 17.7 Å². The molecule has 1 aromatic heterocycles. The first-order chi connectivity index (χ1) is 14.0. The van der Waals surface area contributed by atoms with E-state index in [2.05, 4.69) is 5.32 Å². The van der Waals surface area contributed by atoms with Gasteiger partial charge in [0.1, 0.15) is 5.82 Å². The third kappa shape index (κ3) is 3.23. The van der Waals surface area contributed by atoms with Crippen LogP contribution in [0.3, 0.4) is 0 Å². The van der Waals surface area contributed by atoms with Gasteiger partial charge >= 0.3 is 0 Å². The molecule has 3 aliphatic heterocycles. The van der Waals surface area contributed by atoms with Crippen LogP contribution in [0.1, 0.15) is 29.0 Å². The maximum atomic E-state index is 13.4. The maximum Gasteiger partial charge on any atom is 0.286 e. The van der Waals surface area contributed by atoms with E-state index in [1.54, 1.807) is 24.3 Å². The molecule has 29 heavy (non-hydrogen) atoms. The summed E-state index contributed by atoms with van der Waals surface area (Å²) in [5.41, 5.74) is 0.375. The van der Waals surface area contributed by atoms with Crippen LogP contribution in [-0.2, 0) is 16.0 Å². The monoisotopic (exact) mass is 398 g/mol. The fourth-order valence-corrected chi connectivity index (χ4v) is 5.29. The molecular weight excluding hydrogens is 375 g/mol. The first-order valence-electron chi connectivity index (χ1n) is 10.1. The number of hydrogen-bond donors (Lipinski definition) is 1. The maximum absolute atomic E-state index is 13.4. The van der Waals surface area contributed by atoms with Crippen molar-refractivity contribution in [3.63, 3.8) is 0 Å². The molecule has 3 aliphatic rings. The molecule has 5 rings (SSSR count). The number of nitrogens with one attached hydrogen (secondary N) is 1. The number of nitrogens with zero attached hydrogens (tertiary/aromatic N) is 1. The molecule has 0 aliphatic carbocycles. The number of ether oxygens (including phenoxy) is 1. The van der Waals surface area contributed by atoms with E-state index < -0.39 is 0 Å². The molecule has 152 valence electrons. The van der Waals surface area contributed by atoms with Crippen molar-refractivity contribution in [1.82, 2.24) is 10.2 Å². The number of amides is 2. The third-order valence-electron chi connectivity index (χ3n) is 6.62. The van der Waals surface area contributed by atoms with Crippen LogP contribution in [0.2, 0.25) is 0 Å². The molecule has 3 fully saturated rings. The Morgan fingerprint density at radius 3 is 2.97 bits per heavy atom. The lowest BCUT2D eigenvalue weighted by Crippen LogP contribution is -2.41. The smallest absolute Gasteiger partial charge is 0.286 e. The second kappa shape index (κ2) is 6.99. The number of furan rings is 1. The average Bonchev–Trinajstić information content (AvgIpc) is 3.46. The van der Waals surface area contributed by atoms with E-state index in [0.717, 1.165) is 12.8 Å². The number of hydrogen-bond acceptors (Lipinski definition) is 4. The van der Waals surface area contributed by atoms with Gasteiger partial charge in [-0.1, -0.05) is 12.1 Å². The van der Waals surface area contributed by atoms with Gasteiger partial charge in [-0.05, 0) is 42.7 Å². The Hall–Kier alpha value is -2.67. The molecule has 2 amide bonds. The summed E-state index contributed by atoms with van der Waals surface area (Å²) in [4.78, 5) is 26.9. The van der Waals surface area contributed by atoms with Crippen LogP contribution in [0.4, 0.5) is 4.39 Å². The van der Waals surface area contributed by atoms with Crippen molar-refractivity contribution in [2.75, 3.05) is 19.6 Å². The van der Waals surface area contributed by atoms with Crippen LogP contribution < -0.4 is 5.32 Å². The molecule has 0 radical (unpaired) electrons. The summed E-state index contributed by atoms with van der Waals surface area (Å²) >= 11 is 0. The lowest BCUT2D eigenvalue weighted by atomic mass is 9.73. The first-order valence-corrected chi connectivity index (χ1v) is 10.1. The molecule has 1 N–H and O–H groups in total. The minimum atomic E-state index is -0.332. The molecule has 1 aromatic carbocycles. The van der Waals surface area contributed by atoms with Gasteiger partial charge in [-0.2, -0.15) is 0 Å². The van der Waals surface area contributed by atoms with Gasteiger partial charge in [-0.25, -0.2) is 4.39 Å². The number of fused-ring (bicyclic) bond motifs is 1. The van der Waals surface area contributed by atoms with Gasteiger partial charge < -0.3 is 19.4 Å². The van der Waals surface area contributed by atoms with Gasteiger partial charge in [0.15, 0.2) is 5.76 Å². The Bertz CT molecular complexity index is 931. The Morgan fingerprint density at radius 2 is 2.17 bits per heavy atom. The summed E-state index contributed by atoms with van der Waals surface area (Å²) in [7, 11) is 0. The van der Waals surface area contributed by atoms with E-state index in [4.69, 9.17) is 9.15 Å². The molecule has 0 unspecified atom stereocenters. The summed E-state index contributed by atoms with van der Waals surface area (Å²) in [6, 6.07) is 9.49. The van der Waals surface area contributed by atoms with Gasteiger partial charge in [-0.3, -0.25) is 9.59 Å². The standard InChI is InChI=1S/C22H23FN2O4/c23-15-4-1-3-14(9-15)10-20(26)25-12-17-16(18-6-7-22(17,13-25)29-18)11-24-21(27)19-5-2-8-28-19/h1-5,8-9,16-18H,6-7,10-13H2,(H,24,27)/t16-,17+,18+,22+/m0/s1. The summed E-state index contributed by atoms with van der Waals surface area (Å²) in [6.45, 7) is 1.69. The van der Waals surface area contributed by atoms with Gasteiger partial charge in [0.25, 0.3) is 5.91 Å². The van der Waals surface area contributed by atoms with Crippen LogP contribution >= 0.6 is 0 Å². The van der Waals surface area contributed by atoms with Crippen molar-refractivity contribution < 1.29 is 23.1 Å². The second-order valence-electron chi connectivity index (χ2n) is 8.30. The number of carbonyl (C=O) groups is 2. The highest BCUT2D eigenvalue weighted by molar-refractivity contribution is 5.91. The Morgan fingerprint density at radius 1 is 1.28 bits per heavy atom. The highest BCUT2D eigenvalue weighted by Gasteiger charge is 2.63. The van der Waals surface area contributed by atoms with Gasteiger partial charge in [0.2, 0.25) is 5.91 Å². The highest BCUT2D eigenvalue weighted by Crippen LogP contribution is 2.54. The topological polar surface area (TPSA) is 71.8 Å². The summed E-state index contributed by atoms with van der Waals surface area (Å²) in [6.07, 6.45) is 3.67. The minimum absolute atomic E-state index is 0.00945. The summed E-state index contributed by atoms with van der Waals surface area (Å²) in [5, 5.41) is 2.95. The van der Waals surface area contributed by atoms with E-state index in [1.165, 1.54) is 18.4 Å². The zero-order valence-corrected chi connectivity index (χ0v) is 16.0. The van der Waals surface area contributed by atoms with Gasteiger partial charge in [-0.15, -0.1) is 0 Å². The molecule has 7 heteroatoms. The fraction of sp³-hybridized carbons (Fsp3) is 0.455. The van der Waals surface area contributed by atoms with E-state index in [1.807, 2.05) is 4.90 Å². The van der Waals surface area contributed by atoms with Gasteiger partial charge in [0.05, 0.1) is 30.9 Å². The van der Waals surface area contributed by atoms with Crippen LogP contribution in [-0.4, -0.2) is 48.1 Å². The number of benzene rings is 1. The normalized spacial score (nSPS) is 29.8. The molecule has 1 spiro atoms. The quantitative estimate of drug-likeness (QED) is 0.840. The lowest BCUT2D eigenvalue weighted by molar-refractivity contribution is -0.131. The second-order valence-corrected chi connectivity index (χ2v) is 8.30. The molecule has 6 nitrogen and oxygen atoms in total. The SMILES string of the molecule is O=C(NC[C@H]1[C@H]2CN(C(=O)Cc3cccc(F)c3)C[C@]23CC[C@H]1O3)c1ccco1. The highest BCUT2D eigenvalue weighted by atomic mass is 19.1. The van der Waals surface area contributed by atoms with Crippen molar-refractivity contribution in [2.45, 2.75) is 31.0 Å². The predicted octanol–water partition coefficient (Wildman–Crippen LogP) is 2.40. The lowest BCUT2D eigenvalue weighted by Gasteiger charge is -2.29. The van der Waals surface area contributed by atoms with E-state index in [9.17, 15) is 14.0 Å². The van der Waals surface area contributed by atoms with E-state index in [0.29, 0.717) is 31.0 Å². The van der Waals surface area contributed by atoms with Gasteiger partial charge in [0, 0.05) is 24.9 Å². The van der Waals surface area contributed by atoms with Crippen molar-refractivity contribution in [3.8, 4) is 0 Å². The molecule has 4 atom stereocenters. The zero-order chi connectivity index (χ0) is 20.0. The minimum Gasteiger partial charge on any atom is -0.459 e. The molecule has 2 bridgehead atoms.